The van der Waals surface area contributed by atoms with Crippen LogP contribution in [0, 0.1) is 11.8 Å². The van der Waals surface area contributed by atoms with Crippen LogP contribution in [-0.2, 0) is 65.4 Å². The van der Waals surface area contributed by atoms with Crippen molar-refractivity contribution in [2.75, 3.05) is 39.6 Å². The van der Waals surface area contributed by atoms with Crippen molar-refractivity contribution in [3.8, 4) is 0 Å². The monoisotopic (exact) mass is 1340 g/mol. The van der Waals surface area contributed by atoms with Crippen molar-refractivity contribution in [3.63, 3.8) is 0 Å². The van der Waals surface area contributed by atoms with Gasteiger partial charge in [0.1, 0.15) is 19.3 Å². The fourth-order valence-corrected chi connectivity index (χ4v) is 12.5. The molecule has 91 heavy (non-hydrogen) atoms. The molecule has 540 valence electrons. The largest absolute Gasteiger partial charge is 0.472 e. The number of esters is 4. The molecule has 0 aliphatic carbocycles. The van der Waals surface area contributed by atoms with E-state index in [2.05, 4.69) is 41.5 Å². The Hall–Kier alpha value is -1.94. The van der Waals surface area contributed by atoms with Crippen molar-refractivity contribution in [1.82, 2.24) is 0 Å². The van der Waals surface area contributed by atoms with E-state index in [1.807, 2.05) is 0 Å². The van der Waals surface area contributed by atoms with Gasteiger partial charge in [0.2, 0.25) is 0 Å². The van der Waals surface area contributed by atoms with E-state index in [0.29, 0.717) is 25.7 Å². The number of hydrogen-bond acceptors (Lipinski definition) is 15. The van der Waals surface area contributed by atoms with Crippen molar-refractivity contribution in [3.05, 3.63) is 0 Å². The molecule has 0 fully saturated rings. The van der Waals surface area contributed by atoms with Crippen LogP contribution in [0.3, 0.4) is 0 Å². The summed E-state index contributed by atoms with van der Waals surface area (Å²) in [5.74, 6) is -0.565. The van der Waals surface area contributed by atoms with Gasteiger partial charge in [-0.1, -0.05) is 318 Å². The maximum atomic E-state index is 13.0. The third-order valence-corrected chi connectivity index (χ3v) is 19.0. The number of rotatable bonds is 71. The van der Waals surface area contributed by atoms with Crippen LogP contribution in [0.15, 0.2) is 0 Å². The molecule has 0 aliphatic heterocycles. The maximum Gasteiger partial charge on any atom is 0.472 e. The van der Waals surface area contributed by atoms with Crippen molar-refractivity contribution in [2.24, 2.45) is 11.8 Å². The number of phosphoric acid groups is 2. The standard InChI is InChI=1S/C72H140O17P2/c1-7-10-12-14-16-18-20-25-29-36-42-48-54-69(74)82-60-67(88-71(76)56-50-44-38-30-26-21-19-17-15-13-11-8-2)62-86-90(78,79)84-58-66(73)59-85-91(80,81)87-63-68(61-83-70(75)55-49-43-37-33-32-35-41-47-53-65(6)9-3)89-72(77)57-51-45-39-31-27-23-22-24-28-34-40-46-52-64(4)5/h64-68,73H,7-63H2,1-6H3,(H,78,79)(H,80,81)/t65?,66-,67+,68+/m0/s1. The molecule has 17 nitrogen and oxygen atoms in total. The van der Waals surface area contributed by atoms with Crippen LogP contribution in [0.4, 0.5) is 0 Å². The highest BCUT2D eigenvalue weighted by molar-refractivity contribution is 7.47. The number of carbonyl (C=O) groups is 4. The van der Waals surface area contributed by atoms with E-state index < -0.39 is 97.5 Å². The summed E-state index contributed by atoms with van der Waals surface area (Å²) in [6, 6.07) is 0. The Morgan fingerprint density at radius 3 is 0.835 bits per heavy atom. The number of aliphatic hydroxyl groups is 1. The normalized spacial score (nSPS) is 14.4. The van der Waals surface area contributed by atoms with E-state index >= 15 is 0 Å². The summed E-state index contributed by atoms with van der Waals surface area (Å²) >= 11 is 0. The molecule has 0 spiro atoms. The third kappa shape index (κ3) is 65.1. The van der Waals surface area contributed by atoms with Gasteiger partial charge in [0.05, 0.1) is 26.4 Å². The van der Waals surface area contributed by atoms with E-state index in [1.54, 1.807) is 0 Å². The molecular weight excluding hydrogens is 1200 g/mol. The summed E-state index contributed by atoms with van der Waals surface area (Å²) in [4.78, 5) is 72.7. The quantitative estimate of drug-likeness (QED) is 0.0222. The molecule has 3 unspecified atom stereocenters. The molecule has 0 aromatic rings. The highest BCUT2D eigenvalue weighted by Crippen LogP contribution is 2.45. The zero-order chi connectivity index (χ0) is 67.2. The lowest BCUT2D eigenvalue weighted by Crippen LogP contribution is -2.30. The lowest BCUT2D eigenvalue weighted by atomic mass is 9.99. The average Bonchev–Trinajstić information content (AvgIpc) is 2.80. The average molecular weight is 1340 g/mol. The number of ether oxygens (including phenoxy) is 4. The van der Waals surface area contributed by atoms with E-state index in [9.17, 15) is 43.2 Å². The SMILES string of the molecule is CCCCCCCCCCCCCCC(=O)OC[C@H](COP(=O)(O)OC[C@H](O)COP(=O)(O)OC[C@@H](COC(=O)CCCCCCCCCCC(C)CC)OC(=O)CCCCCCCCCCCCCCC(C)C)OC(=O)CCCCCCCCCCCCCC. The van der Waals surface area contributed by atoms with Crippen LogP contribution in [-0.4, -0.2) is 96.7 Å². The fraction of sp³-hybridized carbons (Fsp3) is 0.944. The first-order valence-electron chi connectivity index (χ1n) is 37.5. The lowest BCUT2D eigenvalue weighted by molar-refractivity contribution is -0.161. The predicted octanol–water partition coefficient (Wildman–Crippen LogP) is 20.8. The Kier molecular flexibility index (Phi) is 62.7. The first-order valence-corrected chi connectivity index (χ1v) is 40.5. The maximum absolute atomic E-state index is 13.0. The number of unbranched alkanes of at least 4 members (excludes halogenated alkanes) is 40. The van der Waals surface area contributed by atoms with E-state index in [0.717, 1.165) is 102 Å². The molecule has 0 saturated carbocycles. The van der Waals surface area contributed by atoms with E-state index in [1.165, 1.54) is 186 Å². The van der Waals surface area contributed by atoms with Gasteiger partial charge in [-0.3, -0.25) is 37.3 Å². The highest BCUT2D eigenvalue weighted by atomic mass is 31.2. The third-order valence-electron chi connectivity index (χ3n) is 17.1. The molecule has 0 aromatic carbocycles. The molecule has 0 heterocycles. The minimum atomic E-state index is -4.95. The van der Waals surface area contributed by atoms with Crippen LogP contribution >= 0.6 is 15.6 Å². The minimum Gasteiger partial charge on any atom is -0.462 e. The van der Waals surface area contributed by atoms with Crippen LogP contribution in [0.5, 0.6) is 0 Å². The molecule has 0 radical (unpaired) electrons. The van der Waals surface area contributed by atoms with Gasteiger partial charge in [0.25, 0.3) is 0 Å². The van der Waals surface area contributed by atoms with Crippen LogP contribution in [0.2, 0.25) is 0 Å². The van der Waals surface area contributed by atoms with E-state index in [4.69, 9.17) is 37.0 Å². The molecule has 0 aliphatic rings. The highest BCUT2D eigenvalue weighted by Gasteiger charge is 2.30. The first kappa shape index (κ1) is 89.1. The van der Waals surface area contributed by atoms with Crippen molar-refractivity contribution in [1.29, 1.82) is 0 Å². The summed E-state index contributed by atoms with van der Waals surface area (Å²) in [6.07, 6.45) is 49.7. The second kappa shape index (κ2) is 64.1. The molecule has 6 atom stereocenters. The Bertz CT molecular complexity index is 1770. The summed E-state index contributed by atoms with van der Waals surface area (Å²) < 4.78 is 68.4. The number of carbonyl (C=O) groups excluding carboxylic acids is 4. The topological polar surface area (TPSA) is 237 Å². The zero-order valence-electron chi connectivity index (χ0n) is 59.1. The fourth-order valence-electron chi connectivity index (χ4n) is 10.9. The van der Waals surface area contributed by atoms with Gasteiger partial charge in [0, 0.05) is 25.7 Å². The van der Waals surface area contributed by atoms with Gasteiger partial charge < -0.3 is 33.8 Å². The van der Waals surface area contributed by atoms with E-state index in [-0.39, 0.29) is 25.7 Å². The second-order valence-corrected chi connectivity index (χ2v) is 29.6. The number of phosphoric ester groups is 2. The van der Waals surface area contributed by atoms with Gasteiger partial charge in [0.15, 0.2) is 12.2 Å². The first-order chi connectivity index (χ1) is 43.9. The molecule has 0 bridgehead atoms. The summed E-state index contributed by atoms with van der Waals surface area (Å²) in [6.45, 7) is 9.58. The Labute approximate surface area is 556 Å². The van der Waals surface area contributed by atoms with Gasteiger partial charge in [-0.05, 0) is 37.5 Å². The van der Waals surface area contributed by atoms with Crippen LogP contribution < -0.4 is 0 Å². The molecular formula is C72H140O17P2. The number of aliphatic hydroxyl groups excluding tert-OH is 1. The smallest absolute Gasteiger partial charge is 0.462 e. The lowest BCUT2D eigenvalue weighted by Gasteiger charge is -2.21. The summed E-state index contributed by atoms with van der Waals surface area (Å²) in [7, 11) is -9.90. The Morgan fingerprint density at radius 1 is 0.319 bits per heavy atom. The molecule has 3 N–H and O–H groups in total. The van der Waals surface area contributed by atoms with Crippen molar-refractivity contribution in [2.45, 2.75) is 387 Å². The second-order valence-electron chi connectivity index (χ2n) is 26.7. The minimum absolute atomic E-state index is 0.106. The van der Waals surface area contributed by atoms with Gasteiger partial charge in [-0.15, -0.1) is 0 Å². The molecule has 0 aromatic heterocycles. The molecule has 0 amide bonds. The summed E-state index contributed by atoms with van der Waals surface area (Å²) in [5.41, 5.74) is 0. The Morgan fingerprint density at radius 2 is 0.560 bits per heavy atom. The van der Waals surface area contributed by atoms with Crippen molar-refractivity contribution >= 4 is 39.5 Å². The molecule has 19 heteroatoms. The predicted molar refractivity (Wildman–Crippen MR) is 368 cm³/mol. The van der Waals surface area contributed by atoms with Gasteiger partial charge in [-0.25, -0.2) is 9.13 Å². The number of hydrogen-bond donors (Lipinski definition) is 3. The molecule has 0 rings (SSSR count). The molecule has 0 saturated heterocycles. The summed E-state index contributed by atoms with van der Waals surface area (Å²) in [5, 5.41) is 10.6. The van der Waals surface area contributed by atoms with Gasteiger partial charge in [-0.2, -0.15) is 0 Å². The van der Waals surface area contributed by atoms with Gasteiger partial charge >= 0.3 is 39.5 Å². The van der Waals surface area contributed by atoms with Crippen LogP contribution in [0.1, 0.15) is 369 Å². The van der Waals surface area contributed by atoms with Crippen LogP contribution in [0.25, 0.3) is 0 Å². The zero-order valence-corrected chi connectivity index (χ0v) is 60.9. The van der Waals surface area contributed by atoms with Crippen molar-refractivity contribution < 1.29 is 80.2 Å². The Balaban J connectivity index is 5.26.